The largest absolute Gasteiger partial charge is 0.504 e. The number of phenols is 2. The first kappa shape index (κ1) is 13.8. The normalized spacial score (nSPS) is 12.9. The maximum atomic E-state index is 9.36. The predicted octanol–water partition coefficient (Wildman–Crippen LogP) is 1.59. The fourth-order valence-corrected chi connectivity index (χ4v) is 1.74. The number of aromatic hydroxyl groups is 2. The molecule has 96 valence electrons. The second-order valence-corrected chi connectivity index (χ2v) is 4.57. The predicted molar refractivity (Wildman–Crippen MR) is 66.9 cm³/mol. The van der Waals surface area contributed by atoms with Crippen molar-refractivity contribution in [2.45, 2.75) is 32.9 Å². The van der Waals surface area contributed by atoms with Crippen LogP contribution in [0.1, 0.15) is 25.8 Å². The fraction of sp³-hybridized carbons (Fsp3) is 0.538. The van der Waals surface area contributed by atoms with Crippen molar-refractivity contribution in [2.24, 2.45) is 5.92 Å². The molecule has 0 aliphatic carbocycles. The van der Waals surface area contributed by atoms with E-state index in [9.17, 15) is 10.2 Å². The summed E-state index contributed by atoms with van der Waals surface area (Å²) in [5.41, 5.74) is 0.906. The van der Waals surface area contributed by atoms with Crippen LogP contribution in [-0.4, -0.2) is 28.0 Å². The number of nitrogens with one attached hydrogen (secondary N) is 1. The molecule has 4 N–H and O–H groups in total. The molecule has 0 fully saturated rings. The van der Waals surface area contributed by atoms with Crippen molar-refractivity contribution in [1.82, 2.24) is 5.32 Å². The van der Waals surface area contributed by atoms with Crippen LogP contribution in [0.5, 0.6) is 11.5 Å². The first-order valence-corrected chi connectivity index (χ1v) is 5.89. The van der Waals surface area contributed by atoms with E-state index < -0.39 is 0 Å². The van der Waals surface area contributed by atoms with Gasteiger partial charge in [-0.05, 0) is 30.0 Å². The van der Waals surface area contributed by atoms with Crippen LogP contribution in [0, 0.1) is 5.92 Å². The molecule has 0 aliphatic rings. The van der Waals surface area contributed by atoms with E-state index in [2.05, 4.69) is 19.2 Å². The monoisotopic (exact) mass is 239 g/mol. The summed E-state index contributed by atoms with van der Waals surface area (Å²) in [7, 11) is 0. The van der Waals surface area contributed by atoms with Gasteiger partial charge in [0.1, 0.15) is 0 Å². The molecule has 1 aromatic rings. The van der Waals surface area contributed by atoms with E-state index in [1.165, 1.54) is 6.07 Å². The minimum Gasteiger partial charge on any atom is -0.504 e. The summed E-state index contributed by atoms with van der Waals surface area (Å²) >= 11 is 0. The zero-order valence-electron chi connectivity index (χ0n) is 10.3. The Morgan fingerprint density at radius 3 is 2.41 bits per heavy atom. The molecule has 0 radical (unpaired) electrons. The highest BCUT2D eigenvalue weighted by Crippen LogP contribution is 2.24. The minimum atomic E-state index is -0.107. The van der Waals surface area contributed by atoms with E-state index in [4.69, 9.17) is 5.11 Å². The van der Waals surface area contributed by atoms with Gasteiger partial charge in [-0.1, -0.05) is 19.9 Å². The van der Waals surface area contributed by atoms with Crippen LogP contribution in [0.3, 0.4) is 0 Å². The summed E-state index contributed by atoms with van der Waals surface area (Å²) in [6.45, 7) is 4.97. The molecule has 0 spiro atoms. The molecular formula is C13H21NO3. The molecule has 0 saturated heterocycles. The lowest BCUT2D eigenvalue weighted by Gasteiger charge is -2.21. The van der Waals surface area contributed by atoms with E-state index in [-0.39, 0.29) is 24.1 Å². The number of hydrogen-bond acceptors (Lipinski definition) is 4. The Kier molecular flexibility index (Phi) is 5.25. The van der Waals surface area contributed by atoms with Crippen LogP contribution in [0.25, 0.3) is 0 Å². The van der Waals surface area contributed by atoms with Gasteiger partial charge >= 0.3 is 0 Å². The number of hydrogen-bond donors (Lipinski definition) is 4. The van der Waals surface area contributed by atoms with Crippen LogP contribution < -0.4 is 5.32 Å². The second-order valence-electron chi connectivity index (χ2n) is 4.57. The molecule has 1 unspecified atom stereocenters. The highest BCUT2D eigenvalue weighted by Gasteiger charge is 2.12. The number of aliphatic hydroxyl groups is 1. The van der Waals surface area contributed by atoms with Crippen LogP contribution in [0.4, 0.5) is 0 Å². The van der Waals surface area contributed by atoms with Crippen molar-refractivity contribution in [3.8, 4) is 11.5 Å². The minimum absolute atomic E-state index is 0.104. The molecule has 0 heterocycles. The third kappa shape index (κ3) is 4.24. The SMILES string of the molecule is CC(C)C(CCO)NCc1ccc(O)c(O)c1. The average molecular weight is 239 g/mol. The number of rotatable bonds is 6. The maximum absolute atomic E-state index is 9.36. The molecule has 1 atom stereocenters. The van der Waals surface area contributed by atoms with Crippen LogP contribution >= 0.6 is 0 Å². The van der Waals surface area contributed by atoms with Gasteiger partial charge in [0, 0.05) is 19.2 Å². The summed E-state index contributed by atoms with van der Waals surface area (Å²) in [4.78, 5) is 0. The lowest BCUT2D eigenvalue weighted by atomic mass is 10.0. The van der Waals surface area contributed by atoms with Gasteiger partial charge in [0.15, 0.2) is 11.5 Å². The Bertz CT molecular complexity index is 353. The van der Waals surface area contributed by atoms with Crippen molar-refractivity contribution >= 4 is 0 Å². The van der Waals surface area contributed by atoms with Gasteiger partial charge in [-0.25, -0.2) is 0 Å². The summed E-state index contributed by atoms with van der Waals surface area (Å²) in [5, 5.41) is 30.8. The maximum Gasteiger partial charge on any atom is 0.157 e. The van der Waals surface area contributed by atoms with Crippen molar-refractivity contribution in [3.63, 3.8) is 0 Å². The van der Waals surface area contributed by atoms with Gasteiger partial charge in [0.25, 0.3) is 0 Å². The van der Waals surface area contributed by atoms with Crippen molar-refractivity contribution in [2.75, 3.05) is 6.61 Å². The van der Waals surface area contributed by atoms with Gasteiger partial charge in [-0.3, -0.25) is 0 Å². The second kappa shape index (κ2) is 6.47. The molecule has 1 rings (SSSR count). The van der Waals surface area contributed by atoms with E-state index in [0.29, 0.717) is 18.9 Å². The highest BCUT2D eigenvalue weighted by molar-refractivity contribution is 5.40. The third-order valence-corrected chi connectivity index (χ3v) is 2.85. The summed E-state index contributed by atoms with van der Waals surface area (Å²) in [6.07, 6.45) is 0.710. The molecule has 0 bridgehead atoms. The Morgan fingerprint density at radius 1 is 1.18 bits per heavy atom. The Morgan fingerprint density at radius 2 is 1.88 bits per heavy atom. The van der Waals surface area contributed by atoms with Gasteiger partial charge < -0.3 is 20.6 Å². The van der Waals surface area contributed by atoms with E-state index in [1.807, 2.05) is 0 Å². The molecular weight excluding hydrogens is 218 g/mol. The Balaban J connectivity index is 2.56. The molecule has 0 saturated carbocycles. The van der Waals surface area contributed by atoms with Crippen molar-refractivity contribution < 1.29 is 15.3 Å². The van der Waals surface area contributed by atoms with Gasteiger partial charge in [0.2, 0.25) is 0 Å². The zero-order valence-corrected chi connectivity index (χ0v) is 10.3. The summed E-state index contributed by atoms with van der Waals surface area (Å²) in [6, 6.07) is 5.02. The van der Waals surface area contributed by atoms with E-state index in [1.54, 1.807) is 12.1 Å². The molecule has 0 aromatic heterocycles. The van der Waals surface area contributed by atoms with Crippen LogP contribution in [0.2, 0.25) is 0 Å². The molecule has 1 aromatic carbocycles. The Labute approximate surface area is 102 Å². The highest BCUT2D eigenvalue weighted by atomic mass is 16.3. The number of aliphatic hydroxyl groups excluding tert-OH is 1. The summed E-state index contributed by atoms with van der Waals surface area (Å²) in [5.74, 6) is 0.227. The van der Waals surface area contributed by atoms with Crippen molar-refractivity contribution in [1.29, 1.82) is 0 Å². The molecule has 0 amide bonds. The standard InChI is InChI=1S/C13H21NO3/c1-9(2)11(5-6-15)14-8-10-3-4-12(16)13(17)7-10/h3-4,7,9,11,14-17H,5-6,8H2,1-2H3. The quantitative estimate of drug-likeness (QED) is 0.569. The first-order chi connectivity index (χ1) is 8.04. The average Bonchev–Trinajstić information content (AvgIpc) is 2.28. The number of benzene rings is 1. The van der Waals surface area contributed by atoms with E-state index in [0.717, 1.165) is 5.56 Å². The van der Waals surface area contributed by atoms with Crippen LogP contribution in [-0.2, 0) is 6.54 Å². The molecule has 4 heteroatoms. The lowest BCUT2D eigenvalue weighted by Crippen LogP contribution is -2.34. The smallest absolute Gasteiger partial charge is 0.157 e. The van der Waals surface area contributed by atoms with Gasteiger partial charge in [-0.15, -0.1) is 0 Å². The zero-order chi connectivity index (χ0) is 12.8. The third-order valence-electron chi connectivity index (χ3n) is 2.85. The molecule has 0 aliphatic heterocycles. The topological polar surface area (TPSA) is 72.7 Å². The van der Waals surface area contributed by atoms with E-state index >= 15 is 0 Å². The Hall–Kier alpha value is -1.26. The number of phenolic OH excluding ortho intramolecular Hbond substituents is 2. The first-order valence-electron chi connectivity index (χ1n) is 5.89. The van der Waals surface area contributed by atoms with Crippen LogP contribution in [0.15, 0.2) is 18.2 Å². The lowest BCUT2D eigenvalue weighted by molar-refractivity contribution is 0.244. The summed E-state index contributed by atoms with van der Waals surface area (Å²) < 4.78 is 0. The molecule has 17 heavy (non-hydrogen) atoms. The van der Waals surface area contributed by atoms with Crippen molar-refractivity contribution in [3.05, 3.63) is 23.8 Å². The fourth-order valence-electron chi connectivity index (χ4n) is 1.74. The van der Waals surface area contributed by atoms with Gasteiger partial charge in [-0.2, -0.15) is 0 Å². The molecule has 4 nitrogen and oxygen atoms in total. The van der Waals surface area contributed by atoms with Gasteiger partial charge in [0.05, 0.1) is 0 Å².